The Balaban J connectivity index is 2.88. The fraction of sp³-hybridized carbons (Fsp3) is 0.444. The fourth-order valence-electron chi connectivity index (χ4n) is 1.03. The topological polar surface area (TPSA) is 82.3 Å². The summed E-state index contributed by atoms with van der Waals surface area (Å²) < 4.78 is 27.5. The minimum Gasteiger partial charge on any atom is -0.491 e. The molecule has 6 heteroatoms. The summed E-state index contributed by atoms with van der Waals surface area (Å²) in [7, 11) is -3.81. The van der Waals surface area contributed by atoms with Crippen LogP contribution in [0.25, 0.3) is 0 Å². The molecule has 15 heavy (non-hydrogen) atoms. The van der Waals surface area contributed by atoms with Crippen LogP contribution in [0.1, 0.15) is 19.8 Å². The number of sulfonamides is 1. The SMILES string of the molecule is CCCCOc1cccnc1S(N)(=O)=O. The first kappa shape index (κ1) is 11.9. The van der Waals surface area contributed by atoms with Gasteiger partial charge in [0.1, 0.15) is 0 Å². The summed E-state index contributed by atoms with van der Waals surface area (Å²) in [4.78, 5) is 3.69. The highest BCUT2D eigenvalue weighted by molar-refractivity contribution is 7.89. The molecule has 0 saturated heterocycles. The molecular weight excluding hydrogens is 216 g/mol. The van der Waals surface area contributed by atoms with Crippen molar-refractivity contribution in [2.24, 2.45) is 5.14 Å². The lowest BCUT2D eigenvalue weighted by molar-refractivity contribution is 0.299. The predicted molar refractivity (Wildman–Crippen MR) is 56.0 cm³/mol. The van der Waals surface area contributed by atoms with E-state index in [0.717, 1.165) is 12.8 Å². The van der Waals surface area contributed by atoms with Gasteiger partial charge in [0, 0.05) is 6.20 Å². The van der Waals surface area contributed by atoms with Crippen LogP contribution in [0, 0.1) is 0 Å². The van der Waals surface area contributed by atoms with Crippen molar-refractivity contribution in [1.29, 1.82) is 0 Å². The third kappa shape index (κ3) is 3.49. The standard InChI is InChI=1S/C9H14N2O3S/c1-2-3-7-14-8-5-4-6-11-9(8)15(10,12)13/h4-6H,2-3,7H2,1H3,(H2,10,12,13). The summed E-state index contributed by atoms with van der Waals surface area (Å²) >= 11 is 0. The van der Waals surface area contributed by atoms with Crippen LogP contribution in [-0.2, 0) is 10.0 Å². The molecule has 5 nitrogen and oxygen atoms in total. The number of aromatic nitrogens is 1. The van der Waals surface area contributed by atoms with Gasteiger partial charge in [-0.1, -0.05) is 13.3 Å². The second kappa shape index (κ2) is 5.09. The van der Waals surface area contributed by atoms with Gasteiger partial charge >= 0.3 is 0 Å². The van der Waals surface area contributed by atoms with Gasteiger partial charge in [0.15, 0.2) is 5.75 Å². The van der Waals surface area contributed by atoms with E-state index in [1.165, 1.54) is 6.20 Å². The third-order valence-electron chi connectivity index (χ3n) is 1.76. The molecule has 1 rings (SSSR count). The van der Waals surface area contributed by atoms with Gasteiger partial charge in [-0.25, -0.2) is 18.5 Å². The minimum absolute atomic E-state index is 0.207. The van der Waals surface area contributed by atoms with E-state index in [1.54, 1.807) is 12.1 Å². The summed E-state index contributed by atoms with van der Waals surface area (Å²) in [6.45, 7) is 2.48. The molecule has 0 bridgehead atoms. The lowest BCUT2D eigenvalue weighted by atomic mass is 10.4. The molecule has 1 aromatic heterocycles. The van der Waals surface area contributed by atoms with E-state index in [9.17, 15) is 8.42 Å². The summed E-state index contributed by atoms with van der Waals surface area (Å²) in [5.74, 6) is 0.216. The Labute approximate surface area is 89.3 Å². The van der Waals surface area contributed by atoms with Crippen molar-refractivity contribution < 1.29 is 13.2 Å². The average molecular weight is 230 g/mol. The molecule has 0 unspecified atom stereocenters. The van der Waals surface area contributed by atoms with E-state index in [1.807, 2.05) is 6.92 Å². The molecule has 0 amide bonds. The maximum Gasteiger partial charge on any atom is 0.259 e. The van der Waals surface area contributed by atoms with Gasteiger partial charge in [-0.05, 0) is 18.6 Å². The number of primary sulfonamides is 1. The first-order valence-electron chi connectivity index (χ1n) is 4.66. The lowest BCUT2D eigenvalue weighted by Gasteiger charge is -2.07. The molecule has 0 radical (unpaired) electrons. The van der Waals surface area contributed by atoms with Crippen molar-refractivity contribution in [3.05, 3.63) is 18.3 Å². The van der Waals surface area contributed by atoms with E-state index in [2.05, 4.69) is 4.98 Å². The second-order valence-corrected chi connectivity index (χ2v) is 4.53. The van der Waals surface area contributed by atoms with Crippen LogP contribution in [0.4, 0.5) is 0 Å². The molecule has 0 aliphatic heterocycles. The van der Waals surface area contributed by atoms with Crippen molar-refractivity contribution in [2.75, 3.05) is 6.61 Å². The van der Waals surface area contributed by atoms with E-state index in [0.29, 0.717) is 6.61 Å². The van der Waals surface area contributed by atoms with E-state index >= 15 is 0 Å². The number of pyridine rings is 1. The van der Waals surface area contributed by atoms with E-state index < -0.39 is 10.0 Å². The van der Waals surface area contributed by atoms with Crippen LogP contribution in [0.3, 0.4) is 0 Å². The molecule has 0 aliphatic carbocycles. The number of ether oxygens (including phenoxy) is 1. The molecule has 84 valence electrons. The molecule has 0 fully saturated rings. The van der Waals surface area contributed by atoms with Crippen molar-refractivity contribution in [3.8, 4) is 5.75 Å². The third-order valence-corrected chi connectivity index (χ3v) is 2.61. The molecule has 0 saturated carbocycles. The van der Waals surface area contributed by atoms with Crippen molar-refractivity contribution in [2.45, 2.75) is 24.8 Å². The minimum atomic E-state index is -3.81. The smallest absolute Gasteiger partial charge is 0.259 e. The van der Waals surface area contributed by atoms with Crippen LogP contribution in [0.15, 0.2) is 23.4 Å². The second-order valence-electron chi connectivity index (χ2n) is 3.05. The van der Waals surface area contributed by atoms with Crippen molar-refractivity contribution >= 4 is 10.0 Å². The number of nitrogens with two attached hydrogens (primary N) is 1. The van der Waals surface area contributed by atoms with Gasteiger partial charge in [-0.15, -0.1) is 0 Å². The molecular formula is C9H14N2O3S. The number of hydrogen-bond donors (Lipinski definition) is 1. The van der Waals surface area contributed by atoms with Crippen LogP contribution in [-0.4, -0.2) is 20.0 Å². The van der Waals surface area contributed by atoms with Crippen LogP contribution in [0.2, 0.25) is 0 Å². The molecule has 0 atom stereocenters. The molecule has 0 spiro atoms. The van der Waals surface area contributed by atoms with Crippen LogP contribution in [0.5, 0.6) is 5.75 Å². The van der Waals surface area contributed by atoms with E-state index in [-0.39, 0.29) is 10.8 Å². The maximum atomic E-state index is 11.1. The van der Waals surface area contributed by atoms with Crippen molar-refractivity contribution in [3.63, 3.8) is 0 Å². The highest BCUT2D eigenvalue weighted by Crippen LogP contribution is 2.19. The molecule has 2 N–H and O–H groups in total. The Morgan fingerprint density at radius 3 is 2.87 bits per heavy atom. The summed E-state index contributed by atoms with van der Waals surface area (Å²) in [5, 5.41) is 4.78. The Morgan fingerprint density at radius 2 is 2.27 bits per heavy atom. The first-order chi connectivity index (χ1) is 7.05. The molecule has 1 aromatic rings. The lowest BCUT2D eigenvalue weighted by Crippen LogP contribution is -2.15. The Kier molecular flexibility index (Phi) is 4.05. The highest BCUT2D eigenvalue weighted by Gasteiger charge is 2.15. The van der Waals surface area contributed by atoms with Gasteiger partial charge in [-0.3, -0.25) is 0 Å². The van der Waals surface area contributed by atoms with Gasteiger partial charge in [0.05, 0.1) is 6.61 Å². The summed E-state index contributed by atoms with van der Waals surface area (Å²) in [6.07, 6.45) is 3.20. The quantitative estimate of drug-likeness (QED) is 0.762. The average Bonchev–Trinajstić information content (AvgIpc) is 2.17. The maximum absolute atomic E-state index is 11.1. The van der Waals surface area contributed by atoms with Gasteiger partial charge in [-0.2, -0.15) is 0 Å². The Bertz CT molecular complexity index is 417. The molecule has 0 aliphatic rings. The molecule has 0 aromatic carbocycles. The highest BCUT2D eigenvalue weighted by atomic mass is 32.2. The summed E-state index contributed by atoms with van der Waals surface area (Å²) in [6, 6.07) is 3.15. The molecule has 1 heterocycles. The summed E-state index contributed by atoms with van der Waals surface area (Å²) in [5.41, 5.74) is 0. The monoisotopic (exact) mass is 230 g/mol. The predicted octanol–water partition coefficient (Wildman–Crippen LogP) is 0.908. The zero-order valence-corrected chi connectivity index (χ0v) is 9.33. The van der Waals surface area contributed by atoms with Crippen LogP contribution >= 0.6 is 0 Å². The largest absolute Gasteiger partial charge is 0.491 e. The normalized spacial score (nSPS) is 11.3. The number of nitrogens with zero attached hydrogens (tertiary/aromatic N) is 1. The first-order valence-corrected chi connectivity index (χ1v) is 6.21. The zero-order chi connectivity index (χ0) is 11.3. The Hall–Kier alpha value is -1.14. The number of rotatable bonds is 5. The van der Waals surface area contributed by atoms with Crippen LogP contribution < -0.4 is 9.88 Å². The fourth-order valence-corrected chi connectivity index (χ4v) is 1.64. The number of hydrogen-bond acceptors (Lipinski definition) is 4. The van der Waals surface area contributed by atoms with Gasteiger partial charge in [0.25, 0.3) is 10.0 Å². The Morgan fingerprint density at radius 1 is 1.53 bits per heavy atom. The number of unbranched alkanes of at least 4 members (excludes halogenated alkanes) is 1. The van der Waals surface area contributed by atoms with E-state index in [4.69, 9.17) is 9.88 Å². The van der Waals surface area contributed by atoms with Gasteiger partial charge in [0.2, 0.25) is 5.03 Å². The van der Waals surface area contributed by atoms with Gasteiger partial charge < -0.3 is 4.74 Å². The van der Waals surface area contributed by atoms with Crippen molar-refractivity contribution in [1.82, 2.24) is 4.98 Å². The zero-order valence-electron chi connectivity index (χ0n) is 8.51.